The highest BCUT2D eigenvalue weighted by atomic mass is 16.1. The Balaban J connectivity index is 2.20. The van der Waals surface area contributed by atoms with Crippen molar-refractivity contribution in [1.29, 1.82) is 0 Å². The fraction of sp³-hybridized carbons (Fsp3) is 0.625. The zero-order chi connectivity index (χ0) is 13.1. The van der Waals surface area contributed by atoms with Crippen LogP contribution < -0.4 is 0 Å². The second-order valence-corrected chi connectivity index (χ2v) is 5.86. The zero-order valence-corrected chi connectivity index (χ0v) is 11.6. The molecule has 18 heavy (non-hydrogen) atoms. The van der Waals surface area contributed by atoms with Gasteiger partial charge < -0.3 is 0 Å². The molecule has 1 aliphatic carbocycles. The number of rotatable bonds is 3. The third-order valence-electron chi connectivity index (χ3n) is 4.10. The van der Waals surface area contributed by atoms with Gasteiger partial charge in [-0.2, -0.15) is 0 Å². The van der Waals surface area contributed by atoms with Gasteiger partial charge in [0.05, 0.1) is 0 Å². The molecule has 1 saturated carbocycles. The number of hydrogen-bond acceptors (Lipinski definition) is 2. The fourth-order valence-corrected chi connectivity index (χ4v) is 3.33. The minimum atomic E-state index is 0.219. The molecule has 0 radical (unpaired) electrons. The Bertz CT molecular complexity index is 417. The van der Waals surface area contributed by atoms with E-state index in [-0.39, 0.29) is 5.92 Å². The predicted octanol–water partition coefficient (Wildman–Crippen LogP) is 3.90. The standard InChI is InChI=1S/C16H23NO/c1-4-13-10-17-6-5-15(13)16(18)14-8-11(2)7-12(3)9-14/h5-6,10-12,14H,4,7-9H2,1-3H3. The summed E-state index contributed by atoms with van der Waals surface area (Å²) in [4.78, 5) is 16.8. The molecule has 2 unspecified atom stereocenters. The molecule has 2 atom stereocenters. The molecule has 2 heteroatoms. The topological polar surface area (TPSA) is 30.0 Å². The molecule has 0 aromatic carbocycles. The number of aryl methyl sites for hydroxylation is 1. The first-order valence-corrected chi connectivity index (χ1v) is 7.08. The summed E-state index contributed by atoms with van der Waals surface area (Å²) in [5.41, 5.74) is 1.99. The largest absolute Gasteiger partial charge is 0.294 e. The lowest BCUT2D eigenvalue weighted by molar-refractivity contribution is 0.0835. The van der Waals surface area contributed by atoms with Crippen LogP contribution in [0.1, 0.15) is 56.0 Å². The van der Waals surface area contributed by atoms with Crippen LogP contribution in [0.2, 0.25) is 0 Å². The van der Waals surface area contributed by atoms with Gasteiger partial charge in [0, 0.05) is 23.9 Å². The molecule has 0 aliphatic heterocycles. The zero-order valence-electron chi connectivity index (χ0n) is 11.6. The van der Waals surface area contributed by atoms with Crippen LogP contribution >= 0.6 is 0 Å². The summed E-state index contributed by atoms with van der Waals surface area (Å²) in [5, 5.41) is 0. The summed E-state index contributed by atoms with van der Waals surface area (Å²) < 4.78 is 0. The van der Waals surface area contributed by atoms with Crippen LogP contribution in [0, 0.1) is 17.8 Å². The maximum Gasteiger partial charge on any atom is 0.166 e. The van der Waals surface area contributed by atoms with Crippen LogP contribution in [0.25, 0.3) is 0 Å². The van der Waals surface area contributed by atoms with E-state index in [9.17, 15) is 4.79 Å². The quantitative estimate of drug-likeness (QED) is 0.756. The molecule has 2 nitrogen and oxygen atoms in total. The summed E-state index contributed by atoms with van der Waals surface area (Å²) in [5.74, 6) is 1.91. The molecule has 0 N–H and O–H groups in total. The summed E-state index contributed by atoms with van der Waals surface area (Å²) in [6.07, 6.45) is 7.82. The van der Waals surface area contributed by atoms with Crippen molar-refractivity contribution in [2.75, 3.05) is 0 Å². The minimum Gasteiger partial charge on any atom is -0.294 e. The SMILES string of the molecule is CCc1cnccc1C(=O)C1CC(C)CC(C)C1. The molecular formula is C16H23NO. The molecule has 1 fully saturated rings. The van der Waals surface area contributed by atoms with E-state index in [1.165, 1.54) is 6.42 Å². The van der Waals surface area contributed by atoms with Crippen molar-refractivity contribution in [3.63, 3.8) is 0 Å². The minimum absolute atomic E-state index is 0.219. The average molecular weight is 245 g/mol. The third kappa shape index (κ3) is 2.80. The Morgan fingerprint density at radius 3 is 2.56 bits per heavy atom. The van der Waals surface area contributed by atoms with Crippen LogP contribution in [-0.2, 0) is 6.42 Å². The molecule has 1 aromatic heterocycles. The molecule has 2 rings (SSSR count). The number of carbonyl (C=O) groups is 1. The Morgan fingerprint density at radius 2 is 1.94 bits per heavy atom. The van der Waals surface area contributed by atoms with Gasteiger partial charge in [-0.1, -0.05) is 20.8 Å². The third-order valence-corrected chi connectivity index (χ3v) is 4.10. The average Bonchev–Trinajstić information content (AvgIpc) is 2.36. The number of ketones is 1. The molecule has 1 aliphatic rings. The van der Waals surface area contributed by atoms with Crippen molar-refractivity contribution in [3.8, 4) is 0 Å². The molecule has 0 spiro atoms. The lowest BCUT2D eigenvalue weighted by Gasteiger charge is -2.30. The molecule has 1 aromatic rings. The Hall–Kier alpha value is -1.18. The maximum absolute atomic E-state index is 12.6. The van der Waals surface area contributed by atoms with E-state index in [1.54, 1.807) is 6.20 Å². The Kier molecular flexibility index (Phi) is 4.15. The first-order valence-electron chi connectivity index (χ1n) is 7.08. The number of pyridine rings is 1. The summed E-state index contributed by atoms with van der Waals surface area (Å²) >= 11 is 0. The monoisotopic (exact) mass is 245 g/mol. The molecule has 0 bridgehead atoms. The van der Waals surface area contributed by atoms with E-state index in [2.05, 4.69) is 25.8 Å². The summed E-state index contributed by atoms with van der Waals surface area (Å²) in [6.45, 7) is 6.62. The number of nitrogens with zero attached hydrogens (tertiary/aromatic N) is 1. The van der Waals surface area contributed by atoms with Gasteiger partial charge in [-0.15, -0.1) is 0 Å². The van der Waals surface area contributed by atoms with Crippen LogP contribution in [0.4, 0.5) is 0 Å². The highest BCUT2D eigenvalue weighted by molar-refractivity contribution is 5.99. The van der Waals surface area contributed by atoms with Gasteiger partial charge in [-0.05, 0) is 49.1 Å². The van der Waals surface area contributed by atoms with E-state index in [4.69, 9.17) is 0 Å². The second-order valence-electron chi connectivity index (χ2n) is 5.86. The van der Waals surface area contributed by atoms with E-state index < -0.39 is 0 Å². The fourth-order valence-electron chi connectivity index (χ4n) is 3.33. The maximum atomic E-state index is 12.6. The summed E-state index contributed by atoms with van der Waals surface area (Å²) in [7, 11) is 0. The van der Waals surface area contributed by atoms with Crippen molar-refractivity contribution in [3.05, 3.63) is 29.6 Å². The number of carbonyl (C=O) groups excluding carboxylic acids is 1. The predicted molar refractivity (Wildman–Crippen MR) is 73.6 cm³/mol. The number of Topliss-reactive ketones (excluding diaryl/α,β-unsaturated/α-hetero) is 1. The Morgan fingerprint density at radius 1 is 1.28 bits per heavy atom. The van der Waals surface area contributed by atoms with Crippen molar-refractivity contribution in [1.82, 2.24) is 4.98 Å². The molecule has 1 heterocycles. The number of aromatic nitrogens is 1. The van der Waals surface area contributed by atoms with Crippen molar-refractivity contribution < 1.29 is 4.79 Å². The normalized spacial score (nSPS) is 28.1. The second kappa shape index (κ2) is 5.64. The first kappa shape index (κ1) is 13.3. The van der Waals surface area contributed by atoms with E-state index in [1.807, 2.05) is 12.3 Å². The number of hydrogen-bond donors (Lipinski definition) is 0. The van der Waals surface area contributed by atoms with Gasteiger partial charge in [0.2, 0.25) is 0 Å². The molecule has 0 amide bonds. The van der Waals surface area contributed by atoms with Crippen molar-refractivity contribution in [2.24, 2.45) is 17.8 Å². The van der Waals surface area contributed by atoms with Crippen molar-refractivity contribution >= 4 is 5.78 Å². The van der Waals surface area contributed by atoms with Gasteiger partial charge in [0.1, 0.15) is 0 Å². The van der Waals surface area contributed by atoms with Crippen LogP contribution in [0.15, 0.2) is 18.5 Å². The van der Waals surface area contributed by atoms with Crippen molar-refractivity contribution in [2.45, 2.75) is 46.5 Å². The van der Waals surface area contributed by atoms with Gasteiger partial charge in [0.25, 0.3) is 0 Å². The van der Waals surface area contributed by atoms with Gasteiger partial charge in [-0.25, -0.2) is 0 Å². The summed E-state index contributed by atoms with van der Waals surface area (Å²) in [6, 6.07) is 1.89. The van der Waals surface area contributed by atoms with E-state index in [0.29, 0.717) is 17.6 Å². The first-order chi connectivity index (χ1) is 8.61. The molecular weight excluding hydrogens is 222 g/mol. The van der Waals surface area contributed by atoms with E-state index >= 15 is 0 Å². The highest BCUT2D eigenvalue weighted by Crippen LogP contribution is 2.35. The molecule has 0 saturated heterocycles. The highest BCUT2D eigenvalue weighted by Gasteiger charge is 2.30. The van der Waals surface area contributed by atoms with Crippen LogP contribution in [0.3, 0.4) is 0 Å². The van der Waals surface area contributed by atoms with Crippen LogP contribution in [-0.4, -0.2) is 10.8 Å². The van der Waals surface area contributed by atoms with Crippen LogP contribution in [0.5, 0.6) is 0 Å². The smallest absolute Gasteiger partial charge is 0.166 e. The Labute approximate surface area is 110 Å². The van der Waals surface area contributed by atoms with Gasteiger partial charge in [0.15, 0.2) is 5.78 Å². The molecule has 98 valence electrons. The van der Waals surface area contributed by atoms with Gasteiger partial charge >= 0.3 is 0 Å². The lowest BCUT2D eigenvalue weighted by atomic mass is 9.73. The lowest BCUT2D eigenvalue weighted by Crippen LogP contribution is -2.26. The van der Waals surface area contributed by atoms with E-state index in [0.717, 1.165) is 30.4 Å². The van der Waals surface area contributed by atoms with Gasteiger partial charge in [-0.3, -0.25) is 9.78 Å².